The van der Waals surface area contributed by atoms with Crippen molar-refractivity contribution in [1.29, 1.82) is 0 Å². The van der Waals surface area contributed by atoms with Gasteiger partial charge in [-0.3, -0.25) is 9.59 Å². The number of carboxylic acids is 1. The molecule has 0 atom stereocenters. The number of aromatic carboxylic acids is 1. The number of Topliss-reactive ketones (excluding diaryl/α,β-unsaturated/α-hetero) is 1. The summed E-state index contributed by atoms with van der Waals surface area (Å²) in [5.41, 5.74) is 3.67. The predicted molar refractivity (Wildman–Crippen MR) is 140 cm³/mol. The van der Waals surface area contributed by atoms with Crippen LogP contribution in [0.2, 0.25) is 0 Å². The molecule has 3 aromatic rings. The number of amides is 1. The van der Waals surface area contributed by atoms with Crippen molar-refractivity contribution in [3.8, 4) is 5.75 Å². The molecule has 8 heteroatoms. The molecule has 1 fully saturated rings. The summed E-state index contributed by atoms with van der Waals surface area (Å²) in [6.07, 6.45) is 0.125. The zero-order valence-corrected chi connectivity index (χ0v) is 20.4. The van der Waals surface area contributed by atoms with Gasteiger partial charge in [0.25, 0.3) is 0 Å². The Kier molecular flexibility index (Phi) is 7.53. The highest BCUT2D eigenvalue weighted by Crippen LogP contribution is 2.26. The maximum atomic E-state index is 12.6. The standard InChI is InChI=1S/C28H29N3O5/c1-19(32)21-5-7-22(8-6-21)30-13-15-31(16-14-30)23-9-12-26(25(18-23)28(34)35)29-27(33)17-20-3-10-24(36-2)11-4-20/h3-12,18H,13-17H2,1-2H3,(H,29,33)(H,34,35). The lowest BCUT2D eigenvalue weighted by molar-refractivity contribution is -0.115. The summed E-state index contributed by atoms with van der Waals surface area (Å²) in [5.74, 6) is -0.642. The Morgan fingerprint density at radius 3 is 2.00 bits per heavy atom. The Hall–Kier alpha value is -4.33. The molecule has 186 valence electrons. The largest absolute Gasteiger partial charge is 0.497 e. The number of carboxylic acid groups (broad SMARTS) is 1. The molecule has 8 nitrogen and oxygen atoms in total. The molecule has 1 heterocycles. The number of piperazine rings is 1. The monoisotopic (exact) mass is 487 g/mol. The molecular formula is C28H29N3O5. The molecular weight excluding hydrogens is 458 g/mol. The molecule has 1 amide bonds. The molecule has 2 N–H and O–H groups in total. The third-order valence-electron chi connectivity index (χ3n) is 6.32. The molecule has 0 aliphatic carbocycles. The quantitative estimate of drug-likeness (QED) is 0.462. The van der Waals surface area contributed by atoms with Crippen molar-refractivity contribution in [2.24, 2.45) is 0 Å². The predicted octanol–water partition coefficient (Wildman–Crippen LogP) is 4.10. The van der Waals surface area contributed by atoms with Crippen LogP contribution in [0.25, 0.3) is 0 Å². The number of rotatable bonds is 8. The van der Waals surface area contributed by atoms with Gasteiger partial charge in [0.2, 0.25) is 5.91 Å². The molecule has 0 aromatic heterocycles. The van der Waals surface area contributed by atoms with Crippen LogP contribution in [0.5, 0.6) is 5.75 Å². The number of carbonyl (C=O) groups excluding carboxylic acids is 2. The topological polar surface area (TPSA) is 99.2 Å². The van der Waals surface area contributed by atoms with E-state index in [0.717, 1.165) is 43.1 Å². The van der Waals surface area contributed by atoms with Gasteiger partial charge in [0.05, 0.1) is 24.8 Å². The maximum Gasteiger partial charge on any atom is 0.337 e. The number of anilines is 3. The van der Waals surface area contributed by atoms with Gasteiger partial charge in [0.1, 0.15) is 5.75 Å². The van der Waals surface area contributed by atoms with Crippen LogP contribution in [-0.2, 0) is 11.2 Å². The molecule has 1 saturated heterocycles. The number of nitrogens with one attached hydrogen (secondary N) is 1. The molecule has 0 spiro atoms. The van der Waals surface area contributed by atoms with Crippen LogP contribution in [0.3, 0.4) is 0 Å². The smallest absolute Gasteiger partial charge is 0.337 e. The summed E-state index contributed by atoms with van der Waals surface area (Å²) in [7, 11) is 1.58. The second-order valence-electron chi connectivity index (χ2n) is 8.69. The van der Waals surface area contributed by atoms with Gasteiger partial charge in [-0.25, -0.2) is 4.79 Å². The number of nitrogens with zero attached hydrogens (tertiary/aromatic N) is 2. The van der Waals surface area contributed by atoms with E-state index in [9.17, 15) is 19.5 Å². The van der Waals surface area contributed by atoms with Crippen molar-refractivity contribution in [2.75, 3.05) is 48.4 Å². The second-order valence-corrected chi connectivity index (χ2v) is 8.69. The summed E-state index contributed by atoms with van der Waals surface area (Å²) in [6, 6.07) is 19.9. The zero-order chi connectivity index (χ0) is 25.7. The van der Waals surface area contributed by atoms with Crippen molar-refractivity contribution >= 4 is 34.7 Å². The lowest BCUT2D eigenvalue weighted by Crippen LogP contribution is -2.46. The summed E-state index contributed by atoms with van der Waals surface area (Å²) >= 11 is 0. The van der Waals surface area contributed by atoms with E-state index in [1.807, 2.05) is 30.3 Å². The lowest BCUT2D eigenvalue weighted by atomic mass is 10.1. The molecule has 0 radical (unpaired) electrons. The maximum absolute atomic E-state index is 12.6. The minimum atomic E-state index is -1.10. The fraction of sp³-hybridized carbons (Fsp3) is 0.250. The van der Waals surface area contributed by atoms with Crippen LogP contribution >= 0.6 is 0 Å². The van der Waals surface area contributed by atoms with Crippen LogP contribution in [-0.4, -0.2) is 56.1 Å². The number of hydrogen-bond acceptors (Lipinski definition) is 6. The van der Waals surface area contributed by atoms with Crippen molar-refractivity contribution in [2.45, 2.75) is 13.3 Å². The van der Waals surface area contributed by atoms with Gasteiger partial charge in [0, 0.05) is 43.1 Å². The first kappa shape index (κ1) is 24.8. The Balaban J connectivity index is 1.40. The van der Waals surface area contributed by atoms with Crippen LogP contribution < -0.4 is 19.9 Å². The van der Waals surface area contributed by atoms with Gasteiger partial charge in [-0.1, -0.05) is 12.1 Å². The first-order valence-electron chi connectivity index (χ1n) is 11.7. The van der Waals surface area contributed by atoms with Crippen LogP contribution in [0, 0.1) is 0 Å². The third-order valence-corrected chi connectivity index (χ3v) is 6.32. The molecule has 36 heavy (non-hydrogen) atoms. The molecule has 0 saturated carbocycles. The van der Waals surface area contributed by atoms with Crippen LogP contribution in [0.4, 0.5) is 17.1 Å². The van der Waals surface area contributed by atoms with Crippen LogP contribution in [0.15, 0.2) is 66.7 Å². The molecule has 4 rings (SSSR count). The number of methoxy groups -OCH3 is 1. The van der Waals surface area contributed by atoms with Gasteiger partial charge < -0.3 is 25.0 Å². The van der Waals surface area contributed by atoms with E-state index in [-0.39, 0.29) is 29.4 Å². The van der Waals surface area contributed by atoms with E-state index in [4.69, 9.17) is 4.74 Å². The Bertz CT molecular complexity index is 1250. The van der Waals surface area contributed by atoms with Crippen molar-refractivity contribution in [1.82, 2.24) is 0 Å². The lowest BCUT2D eigenvalue weighted by Gasteiger charge is -2.37. The van der Waals surface area contributed by atoms with E-state index in [0.29, 0.717) is 11.3 Å². The molecule has 1 aliphatic rings. The van der Waals surface area contributed by atoms with E-state index >= 15 is 0 Å². The molecule has 0 bridgehead atoms. The van der Waals surface area contributed by atoms with E-state index in [2.05, 4.69) is 15.1 Å². The van der Waals surface area contributed by atoms with E-state index in [1.54, 1.807) is 50.4 Å². The Morgan fingerprint density at radius 1 is 0.861 bits per heavy atom. The molecule has 1 aliphatic heterocycles. The summed E-state index contributed by atoms with van der Waals surface area (Å²) in [6.45, 7) is 4.52. The number of ether oxygens (including phenoxy) is 1. The highest BCUT2D eigenvalue weighted by molar-refractivity contribution is 6.02. The minimum absolute atomic E-state index is 0.0426. The number of hydrogen-bond donors (Lipinski definition) is 2. The summed E-state index contributed by atoms with van der Waals surface area (Å²) < 4.78 is 5.13. The average Bonchev–Trinajstić information content (AvgIpc) is 2.89. The number of ketones is 1. The van der Waals surface area contributed by atoms with Crippen molar-refractivity contribution in [3.63, 3.8) is 0 Å². The zero-order valence-electron chi connectivity index (χ0n) is 20.4. The fourth-order valence-electron chi connectivity index (χ4n) is 4.27. The summed E-state index contributed by atoms with van der Waals surface area (Å²) in [4.78, 5) is 40.4. The highest BCUT2D eigenvalue weighted by atomic mass is 16.5. The summed E-state index contributed by atoms with van der Waals surface area (Å²) in [5, 5.41) is 12.5. The SMILES string of the molecule is COc1ccc(CC(=O)Nc2ccc(N3CCN(c4ccc(C(C)=O)cc4)CC3)cc2C(=O)O)cc1. The number of carbonyl (C=O) groups is 3. The normalized spacial score (nSPS) is 13.3. The van der Waals surface area contributed by atoms with E-state index in [1.165, 1.54) is 0 Å². The van der Waals surface area contributed by atoms with Crippen LogP contribution in [0.1, 0.15) is 33.2 Å². The fourth-order valence-corrected chi connectivity index (χ4v) is 4.27. The van der Waals surface area contributed by atoms with Crippen molar-refractivity contribution in [3.05, 3.63) is 83.4 Å². The third kappa shape index (κ3) is 5.83. The van der Waals surface area contributed by atoms with Gasteiger partial charge >= 0.3 is 5.97 Å². The second kappa shape index (κ2) is 10.9. The Morgan fingerprint density at radius 2 is 1.44 bits per heavy atom. The highest BCUT2D eigenvalue weighted by Gasteiger charge is 2.21. The Labute approximate surface area is 210 Å². The van der Waals surface area contributed by atoms with Gasteiger partial charge in [0.15, 0.2) is 5.78 Å². The minimum Gasteiger partial charge on any atom is -0.497 e. The van der Waals surface area contributed by atoms with Gasteiger partial charge in [-0.2, -0.15) is 0 Å². The van der Waals surface area contributed by atoms with Gasteiger partial charge in [-0.15, -0.1) is 0 Å². The molecule has 0 unspecified atom stereocenters. The van der Waals surface area contributed by atoms with E-state index < -0.39 is 5.97 Å². The van der Waals surface area contributed by atoms with Crippen molar-refractivity contribution < 1.29 is 24.2 Å². The number of benzene rings is 3. The average molecular weight is 488 g/mol. The first-order chi connectivity index (χ1) is 17.3. The molecule has 3 aromatic carbocycles. The van der Waals surface area contributed by atoms with Gasteiger partial charge in [-0.05, 0) is 67.1 Å². The first-order valence-corrected chi connectivity index (χ1v) is 11.7.